The van der Waals surface area contributed by atoms with Crippen molar-refractivity contribution >= 4 is 17.3 Å². The van der Waals surface area contributed by atoms with Gasteiger partial charge in [0.05, 0.1) is 5.55 Å². The molecule has 0 heterocycles. The molecule has 0 atom stereocenters. The molecule has 0 saturated carbocycles. The number of nitrogens with two attached hydrogens (primary N) is 1. The van der Waals surface area contributed by atoms with Gasteiger partial charge in [0.15, 0.2) is 0 Å². The topological polar surface area (TPSA) is 49.9 Å². The molecule has 36 valence electrons. The van der Waals surface area contributed by atoms with E-state index in [1.54, 1.807) is 0 Å². The van der Waals surface area contributed by atoms with Crippen molar-refractivity contribution in [2.45, 2.75) is 0 Å². The van der Waals surface area contributed by atoms with Gasteiger partial charge in [-0.1, -0.05) is 0 Å². The molecule has 0 aromatic rings. The molecule has 0 radical (unpaired) electrons. The van der Waals surface area contributed by atoms with E-state index < -0.39 is 0 Å². The second-order valence-electron chi connectivity index (χ2n) is 0.777. The molecule has 0 aromatic heterocycles. The lowest BCUT2D eigenvalue weighted by Crippen LogP contribution is -2.00. The van der Waals surface area contributed by atoms with E-state index >= 15 is 0 Å². The lowest BCUT2D eigenvalue weighted by molar-refractivity contribution is 1.15. The van der Waals surface area contributed by atoms with Crippen LogP contribution < -0.4 is 5.73 Å². The van der Waals surface area contributed by atoms with Crippen molar-refractivity contribution in [2.75, 3.05) is 12.3 Å². The Morgan fingerprint density at radius 1 is 1.83 bits per heavy atom. The monoisotopic (exact) mass is 104 g/mol. The Kier molecular flexibility index (Phi) is 4.96. The van der Waals surface area contributed by atoms with Gasteiger partial charge >= 0.3 is 0 Å². The highest BCUT2D eigenvalue weighted by atomic mass is 32.2. The highest BCUT2D eigenvalue weighted by Gasteiger charge is 1.72. The maximum atomic E-state index is 6.49. The standard InChI is InChI=1S/C3H8N2S/c4-1-2-6-3-5/h3,5H,1-2,4H2. The second-order valence-corrected chi connectivity index (χ2v) is 1.75. The Balaban J connectivity index is 2.49. The van der Waals surface area contributed by atoms with Crippen LogP contribution >= 0.6 is 11.8 Å². The van der Waals surface area contributed by atoms with Crippen LogP contribution in [0.2, 0.25) is 0 Å². The minimum atomic E-state index is 0.667. The fourth-order valence-corrected chi connectivity index (χ4v) is 0.381. The fourth-order valence-electron chi connectivity index (χ4n) is 0.127. The Morgan fingerprint density at radius 2 is 2.50 bits per heavy atom. The summed E-state index contributed by atoms with van der Waals surface area (Å²) in [5.41, 5.74) is 6.39. The molecule has 3 N–H and O–H groups in total. The van der Waals surface area contributed by atoms with Crippen molar-refractivity contribution in [3.8, 4) is 0 Å². The van der Waals surface area contributed by atoms with Crippen molar-refractivity contribution in [1.82, 2.24) is 0 Å². The molecular weight excluding hydrogens is 96.1 g/mol. The van der Waals surface area contributed by atoms with Crippen LogP contribution in [0.1, 0.15) is 0 Å². The Hall–Kier alpha value is -0.0200. The van der Waals surface area contributed by atoms with Crippen LogP contribution in [-0.2, 0) is 0 Å². The first-order chi connectivity index (χ1) is 2.91. The number of thioether (sulfide) groups is 1. The summed E-state index contributed by atoms with van der Waals surface area (Å²) < 4.78 is 0. The van der Waals surface area contributed by atoms with E-state index in [0.29, 0.717) is 6.54 Å². The summed E-state index contributed by atoms with van der Waals surface area (Å²) in [6.07, 6.45) is 0. The first-order valence-electron chi connectivity index (χ1n) is 1.72. The molecule has 0 aliphatic rings. The summed E-state index contributed by atoms with van der Waals surface area (Å²) in [5.74, 6) is 0.865. The lowest BCUT2D eigenvalue weighted by Gasteiger charge is -1.81. The molecule has 0 bridgehead atoms. The van der Waals surface area contributed by atoms with Gasteiger partial charge in [-0.15, -0.1) is 11.8 Å². The van der Waals surface area contributed by atoms with E-state index in [9.17, 15) is 0 Å². The van der Waals surface area contributed by atoms with Gasteiger partial charge in [0.1, 0.15) is 0 Å². The van der Waals surface area contributed by atoms with Crippen LogP contribution in [0.4, 0.5) is 0 Å². The van der Waals surface area contributed by atoms with Crippen LogP contribution in [0.5, 0.6) is 0 Å². The normalized spacial score (nSPS) is 8.17. The Bertz CT molecular complexity index is 37.8. The van der Waals surface area contributed by atoms with Crippen LogP contribution in [0, 0.1) is 5.41 Å². The second kappa shape index (κ2) is 4.98. The predicted octanol–water partition coefficient (Wildman–Crippen LogP) is 0.285. The molecule has 0 rings (SSSR count). The van der Waals surface area contributed by atoms with Crippen LogP contribution in [0.15, 0.2) is 0 Å². The molecule has 0 saturated heterocycles. The van der Waals surface area contributed by atoms with Gasteiger partial charge in [0.2, 0.25) is 0 Å². The van der Waals surface area contributed by atoms with Gasteiger partial charge in [-0.3, -0.25) is 0 Å². The first-order valence-corrected chi connectivity index (χ1v) is 2.77. The molecule has 6 heavy (non-hydrogen) atoms. The Labute approximate surface area is 41.6 Å². The third-order valence-electron chi connectivity index (χ3n) is 0.319. The molecule has 0 aliphatic heterocycles. The third kappa shape index (κ3) is 3.98. The van der Waals surface area contributed by atoms with Crippen molar-refractivity contribution in [1.29, 1.82) is 5.41 Å². The maximum Gasteiger partial charge on any atom is 0.0506 e. The number of hydrogen-bond acceptors (Lipinski definition) is 3. The van der Waals surface area contributed by atoms with Gasteiger partial charge in [-0.05, 0) is 0 Å². The van der Waals surface area contributed by atoms with Crippen LogP contribution in [0.25, 0.3) is 0 Å². The molecule has 3 heteroatoms. The van der Waals surface area contributed by atoms with Crippen LogP contribution in [-0.4, -0.2) is 17.8 Å². The maximum absolute atomic E-state index is 6.49. The average molecular weight is 104 g/mol. The summed E-state index contributed by atoms with van der Waals surface area (Å²) in [6, 6.07) is 0. The summed E-state index contributed by atoms with van der Waals surface area (Å²) in [5, 5.41) is 6.49. The first kappa shape index (κ1) is 5.98. The van der Waals surface area contributed by atoms with Gasteiger partial charge in [-0.25, -0.2) is 0 Å². The van der Waals surface area contributed by atoms with E-state index in [2.05, 4.69) is 0 Å². The highest BCUT2D eigenvalue weighted by molar-refractivity contribution is 8.11. The van der Waals surface area contributed by atoms with Gasteiger partial charge in [0, 0.05) is 12.3 Å². The van der Waals surface area contributed by atoms with E-state index in [-0.39, 0.29) is 0 Å². The summed E-state index contributed by atoms with van der Waals surface area (Å²) >= 11 is 1.42. The number of hydrogen-bond donors (Lipinski definition) is 2. The molecule has 0 fully saturated rings. The summed E-state index contributed by atoms with van der Waals surface area (Å²) in [6.45, 7) is 0.667. The third-order valence-corrected chi connectivity index (χ3v) is 0.957. The van der Waals surface area contributed by atoms with E-state index in [1.165, 1.54) is 17.3 Å². The summed E-state index contributed by atoms with van der Waals surface area (Å²) in [7, 11) is 0. The van der Waals surface area contributed by atoms with Crippen LogP contribution in [0.3, 0.4) is 0 Å². The quantitative estimate of drug-likeness (QED) is 0.307. The minimum Gasteiger partial charge on any atom is -0.330 e. The van der Waals surface area contributed by atoms with Crippen molar-refractivity contribution < 1.29 is 0 Å². The van der Waals surface area contributed by atoms with Gasteiger partial charge < -0.3 is 11.1 Å². The SMILES string of the molecule is N=CSCCN. The molecule has 0 aliphatic carbocycles. The smallest absolute Gasteiger partial charge is 0.0506 e. The molecule has 0 unspecified atom stereocenters. The lowest BCUT2D eigenvalue weighted by atomic mass is 10.8. The highest BCUT2D eigenvalue weighted by Crippen LogP contribution is 1.86. The zero-order chi connectivity index (χ0) is 4.83. The van der Waals surface area contributed by atoms with Crippen molar-refractivity contribution in [2.24, 2.45) is 5.73 Å². The summed E-state index contributed by atoms with van der Waals surface area (Å²) in [4.78, 5) is 0. The predicted molar refractivity (Wildman–Crippen MR) is 30.3 cm³/mol. The van der Waals surface area contributed by atoms with Crippen molar-refractivity contribution in [3.05, 3.63) is 0 Å². The van der Waals surface area contributed by atoms with E-state index in [0.717, 1.165) is 5.75 Å². The molecule has 0 spiro atoms. The molecule has 2 nitrogen and oxygen atoms in total. The van der Waals surface area contributed by atoms with Crippen molar-refractivity contribution in [3.63, 3.8) is 0 Å². The van der Waals surface area contributed by atoms with Gasteiger partial charge in [-0.2, -0.15) is 0 Å². The average Bonchev–Trinajstić information content (AvgIpc) is 1.61. The van der Waals surface area contributed by atoms with E-state index in [4.69, 9.17) is 11.1 Å². The number of nitrogens with one attached hydrogen (secondary N) is 1. The minimum absolute atomic E-state index is 0.667. The Morgan fingerprint density at radius 3 is 2.67 bits per heavy atom. The fraction of sp³-hybridized carbons (Fsp3) is 0.667. The zero-order valence-electron chi connectivity index (χ0n) is 3.48. The zero-order valence-corrected chi connectivity index (χ0v) is 4.29. The van der Waals surface area contributed by atoms with Gasteiger partial charge in [0.25, 0.3) is 0 Å². The largest absolute Gasteiger partial charge is 0.330 e. The molecular formula is C3H8N2S. The molecule has 0 amide bonds. The molecule has 0 aromatic carbocycles. The van der Waals surface area contributed by atoms with E-state index in [1.807, 2.05) is 0 Å². The number of rotatable bonds is 3.